The third-order valence-corrected chi connectivity index (χ3v) is 4.41. The zero-order chi connectivity index (χ0) is 22.4. The summed E-state index contributed by atoms with van der Waals surface area (Å²) in [6, 6.07) is 10.8. The average molecular weight is 409 g/mol. The molecule has 0 aliphatic carbocycles. The van der Waals surface area contributed by atoms with E-state index in [2.05, 4.69) is 17.2 Å². The Morgan fingerprint density at radius 3 is 2.20 bits per heavy atom. The molecule has 30 heavy (non-hydrogen) atoms. The first-order chi connectivity index (χ1) is 14.1. The lowest BCUT2D eigenvalue weighted by Gasteiger charge is -2.31. The van der Waals surface area contributed by atoms with Crippen molar-refractivity contribution in [3.05, 3.63) is 66.2 Å². The zero-order valence-electron chi connectivity index (χ0n) is 17.6. The second-order valence-electron chi connectivity index (χ2n) is 7.36. The monoisotopic (exact) mass is 409 g/mol. The maximum Gasteiger partial charge on any atom is 0.259 e. The number of nitrogens with one attached hydrogen (secondary N) is 2. The molecule has 2 rings (SSSR count). The van der Waals surface area contributed by atoms with Crippen molar-refractivity contribution in [3.8, 4) is 5.75 Å². The summed E-state index contributed by atoms with van der Waals surface area (Å²) in [5, 5.41) is 15.3. The molecule has 0 bridgehead atoms. The summed E-state index contributed by atoms with van der Waals surface area (Å²) in [5.41, 5.74) is 1.19. The van der Waals surface area contributed by atoms with Gasteiger partial charge in [0.05, 0.1) is 5.56 Å². The Morgan fingerprint density at radius 2 is 1.60 bits per heavy atom. The Bertz CT molecular complexity index is 959. The van der Waals surface area contributed by atoms with Gasteiger partial charge in [-0.05, 0) is 70.2 Å². The lowest BCUT2D eigenvalue weighted by atomic mass is 10.1. The Morgan fingerprint density at radius 1 is 0.967 bits per heavy atom. The molecule has 7 nitrogen and oxygen atoms in total. The van der Waals surface area contributed by atoms with E-state index < -0.39 is 11.8 Å². The SMILES string of the molecule is C=CC(=O)Nc1ccc(O)c(C(=O)Nc2cccc(C(=O)N(C(C)C)C(C)C)c2)c1. The highest BCUT2D eigenvalue weighted by molar-refractivity contribution is 6.08. The molecule has 3 amide bonds. The molecule has 2 aromatic rings. The van der Waals surface area contributed by atoms with Crippen LogP contribution < -0.4 is 10.6 Å². The molecule has 0 saturated heterocycles. The van der Waals surface area contributed by atoms with E-state index in [1.807, 2.05) is 27.7 Å². The van der Waals surface area contributed by atoms with E-state index in [0.717, 1.165) is 6.08 Å². The van der Waals surface area contributed by atoms with Crippen LogP contribution in [-0.4, -0.2) is 39.8 Å². The number of phenols is 1. The minimum atomic E-state index is -0.573. The summed E-state index contributed by atoms with van der Waals surface area (Å²) in [4.78, 5) is 38.8. The number of nitrogens with zero attached hydrogens (tertiary/aromatic N) is 1. The molecule has 0 heterocycles. The van der Waals surface area contributed by atoms with E-state index in [-0.39, 0.29) is 29.3 Å². The van der Waals surface area contributed by atoms with Crippen LogP contribution in [0.3, 0.4) is 0 Å². The molecule has 0 radical (unpaired) electrons. The number of carbonyl (C=O) groups is 3. The van der Waals surface area contributed by atoms with Crippen LogP contribution in [-0.2, 0) is 4.79 Å². The summed E-state index contributed by atoms with van der Waals surface area (Å²) < 4.78 is 0. The Hall–Kier alpha value is -3.61. The van der Waals surface area contributed by atoms with Gasteiger partial charge in [0, 0.05) is 29.0 Å². The van der Waals surface area contributed by atoms with Crippen LogP contribution in [0.2, 0.25) is 0 Å². The lowest BCUT2D eigenvalue weighted by Crippen LogP contribution is -2.42. The van der Waals surface area contributed by atoms with Gasteiger partial charge in [0.15, 0.2) is 0 Å². The molecule has 0 spiro atoms. The minimum absolute atomic E-state index is 0.0143. The van der Waals surface area contributed by atoms with Gasteiger partial charge in [0.25, 0.3) is 11.8 Å². The van der Waals surface area contributed by atoms with Gasteiger partial charge < -0.3 is 20.6 Å². The van der Waals surface area contributed by atoms with Crippen LogP contribution in [0.15, 0.2) is 55.1 Å². The van der Waals surface area contributed by atoms with E-state index in [0.29, 0.717) is 16.9 Å². The predicted molar refractivity (Wildman–Crippen MR) is 118 cm³/mol. The average Bonchev–Trinajstić information content (AvgIpc) is 2.68. The fourth-order valence-corrected chi connectivity index (χ4v) is 3.13. The molecule has 2 aromatic carbocycles. The number of rotatable bonds is 7. The van der Waals surface area contributed by atoms with Crippen molar-refractivity contribution in [3.63, 3.8) is 0 Å². The maximum atomic E-state index is 12.9. The molecule has 0 unspecified atom stereocenters. The van der Waals surface area contributed by atoms with Gasteiger partial charge in [0.2, 0.25) is 5.91 Å². The maximum absolute atomic E-state index is 12.9. The molecule has 0 atom stereocenters. The highest BCUT2D eigenvalue weighted by atomic mass is 16.3. The third kappa shape index (κ3) is 5.47. The number of phenolic OH excluding ortho intramolecular Hbond substituents is 1. The fraction of sp³-hybridized carbons (Fsp3) is 0.261. The first-order valence-electron chi connectivity index (χ1n) is 9.64. The van der Waals surface area contributed by atoms with Crippen molar-refractivity contribution in [2.24, 2.45) is 0 Å². The van der Waals surface area contributed by atoms with Gasteiger partial charge in [-0.25, -0.2) is 0 Å². The van der Waals surface area contributed by atoms with Crippen molar-refractivity contribution in [1.82, 2.24) is 4.90 Å². The van der Waals surface area contributed by atoms with Gasteiger partial charge in [-0.3, -0.25) is 14.4 Å². The van der Waals surface area contributed by atoms with Crippen molar-refractivity contribution in [1.29, 1.82) is 0 Å². The van der Waals surface area contributed by atoms with E-state index in [9.17, 15) is 19.5 Å². The first-order valence-corrected chi connectivity index (χ1v) is 9.64. The topological polar surface area (TPSA) is 98.7 Å². The zero-order valence-corrected chi connectivity index (χ0v) is 17.6. The molecule has 0 fully saturated rings. The van der Waals surface area contributed by atoms with E-state index in [1.54, 1.807) is 29.2 Å². The molecular weight excluding hydrogens is 382 g/mol. The number of benzene rings is 2. The fourth-order valence-electron chi connectivity index (χ4n) is 3.13. The third-order valence-electron chi connectivity index (χ3n) is 4.41. The number of carbonyl (C=O) groups excluding carboxylic acids is 3. The van der Waals surface area contributed by atoms with Crippen molar-refractivity contribution in [2.75, 3.05) is 10.6 Å². The number of hydrogen-bond donors (Lipinski definition) is 3. The van der Waals surface area contributed by atoms with Crippen LogP contribution in [0, 0.1) is 0 Å². The van der Waals surface area contributed by atoms with Gasteiger partial charge in [-0.15, -0.1) is 0 Å². The van der Waals surface area contributed by atoms with Crippen LogP contribution >= 0.6 is 0 Å². The molecule has 7 heteroatoms. The summed E-state index contributed by atoms with van der Waals surface area (Å²) >= 11 is 0. The number of hydrogen-bond acceptors (Lipinski definition) is 4. The number of amides is 3. The number of anilines is 2. The molecule has 0 aromatic heterocycles. The van der Waals surface area contributed by atoms with E-state index in [4.69, 9.17) is 0 Å². The highest BCUT2D eigenvalue weighted by Gasteiger charge is 2.22. The van der Waals surface area contributed by atoms with Crippen molar-refractivity contribution in [2.45, 2.75) is 39.8 Å². The minimum Gasteiger partial charge on any atom is -0.507 e. The van der Waals surface area contributed by atoms with E-state index >= 15 is 0 Å². The van der Waals surface area contributed by atoms with Crippen LogP contribution in [0.4, 0.5) is 11.4 Å². The largest absolute Gasteiger partial charge is 0.507 e. The summed E-state index contributed by atoms with van der Waals surface area (Å²) in [6.45, 7) is 11.2. The Kier molecular flexibility index (Phi) is 7.36. The Labute approximate surface area is 176 Å². The van der Waals surface area contributed by atoms with Gasteiger partial charge >= 0.3 is 0 Å². The molecule has 3 N–H and O–H groups in total. The standard InChI is InChI=1S/C23H27N3O4/c1-6-21(28)24-18-10-11-20(27)19(13-18)22(29)25-17-9-7-8-16(12-17)23(30)26(14(2)3)15(4)5/h6-15,27H,1H2,2-5H3,(H,24,28)(H,25,29). The van der Waals surface area contributed by atoms with Gasteiger partial charge in [-0.2, -0.15) is 0 Å². The quantitative estimate of drug-likeness (QED) is 0.475. The summed E-state index contributed by atoms with van der Waals surface area (Å²) in [7, 11) is 0. The van der Waals surface area contributed by atoms with Crippen LogP contribution in [0.5, 0.6) is 5.75 Å². The van der Waals surface area contributed by atoms with Gasteiger partial charge in [-0.1, -0.05) is 12.6 Å². The van der Waals surface area contributed by atoms with Crippen molar-refractivity contribution >= 4 is 29.1 Å². The van der Waals surface area contributed by atoms with Crippen LogP contribution in [0.1, 0.15) is 48.4 Å². The lowest BCUT2D eigenvalue weighted by molar-refractivity contribution is -0.111. The Balaban J connectivity index is 2.25. The molecule has 0 aliphatic rings. The predicted octanol–water partition coefficient (Wildman–Crippen LogP) is 4.03. The number of aromatic hydroxyl groups is 1. The second kappa shape index (κ2) is 9.73. The van der Waals surface area contributed by atoms with Crippen LogP contribution in [0.25, 0.3) is 0 Å². The second-order valence-corrected chi connectivity index (χ2v) is 7.36. The molecule has 0 aliphatic heterocycles. The summed E-state index contributed by atoms with van der Waals surface area (Å²) in [5.74, 6) is -1.37. The highest BCUT2D eigenvalue weighted by Crippen LogP contribution is 2.23. The van der Waals surface area contributed by atoms with Gasteiger partial charge in [0.1, 0.15) is 5.75 Å². The summed E-state index contributed by atoms with van der Waals surface area (Å²) in [6.07, 6.45) is 1.10. The molecular formula is C23H27N3O4. The molecule has 0 saturated carbocycles. The van der Waals surface area contributed by atoms with Crippen molar-refractivity contribution < 1.29 is 19.5 Å². The first kappa shape index (κ1) is 22.7. The normalized spacial score (nSPS) is 10.6. The van der Waals surface area contributed by atoms with E-state index in [1.165, 1.54) is 18.2 Å². The molecule has 158 valence electrons. The smallest absolute Gasteiger partial charge is 0.259 e.